The minimum absolute atomic E-state index is 0.0875. The normalized spacial score (nSPS) is 12.5. The van der Waals surface area contributed by atoms with Crippen LogP contribution in [0.15, 0.2) is 18.2 Å². The van der Waals surface area contributed by atoms with Crippen molar-refractivity contribution in [1.82, 2.24) is 0 Å². The highest BCUT2D eigenvalue weighted by atomic mass is 35.5. The Morgan fingerprint density at radius 3 is 2.71 bits per heavy atom. The molecule has 0 saturated carbocycles. The van der Waals surface area contributed by atoms with Crippen molar-refractivity contribution in [2.75, 3.05) is 6.54 Å². The molecule has 14 heavy (non-hydrogen) atoms. The molecule has 0 bridgehead atoms. The van der Waals surface area contributed by atoms with Crippen LogP contribution in [0.5, 0.6) is 0 Å². The van der Waals surface area contributed by atoms with E-state index in [1.807, 2.05) is 0 Å². The molecule has 0 amide bonds. The van der Waals surface area contributed by atoms with Crippen LogP contribution in [0.2, 0.25) is 5.02 Å². The first-order valence-corrected chi connectivity index (χ1v) is 4.34. The van der Waals surface area contributed by atoms with Gasteiger partial charge in [-0.05, 0) is 6.07 Å². The number of halogens is 1. The van der Waals surface area contributed by atoms with Crippen LogP contribution in [-0.2, 0) is 0 Å². The molecule has 6 heteroatoms. The highest BCUT2D eigenvalue weighted by Gasteiger charge is 2.21. The van der Waals surface area contributed by atoms with Gasteiger partial charge in [0, 0.05) is 12.6 Å². The topological polar surface area (TPSA) is 95.2 Å². The highest BCUT2D eigenvalue weighted by molar-refractivity contribution is 6.31. The van der Waals surface area contributed by atoms with Gasteiger partial charge in [0.05, 0.1) is 21.6 Å². The molecule has 0 spiro atoms. The summed E-state index contributed by atoms with van der Waals surface area (Å²) in [5.41, 5.74) is 11.2. The molecule has 1 aromatic carbocycles. The van der Waals surface area contributed by atoms with Crippen LogP contribution in [0, 0.1) is 10.1 Å². The van der Waals surface area contributed by atoms with Crippen LogP contribution in [0.3, 0.4) is 0 Å². The summed E-state index contributed by atoms with van der Waals surface area (Å²) in [7, 11) is 0. The Balaban J connectivity index is 3.29. The van der Waals surface area contributed by atoms with E-state index in [2.05, 4.69) is 0 Å². The van der Waals surface area contributed by atoms with Crippen LogP contribution in [0.4, 0.5) is 5.69 Å². The largest absolute Gasteiger partial charge is 0.329 e. The van der Waals surface area contributed by atoms with Gasteiger partial charge in [0.1, 0.15) is 0 Å². The number of hydrogen-bond acceptors (Lipinski definition) is 4. The predicted molar refractivity (Wildman–Crippen MR) is 54.1 cm³/mol. The lowest BCUT2D eigenvalue weighted by molar-refractivity contribution is -0.385. The molecular formula is C8H10ClN3O2. The molecule has 76 valence electrons. The van der Waals surface area contributed by atoms with Crippen molar-refractivity contribution in [1.29, 1.82) is 0 Å². The summed E-state index contributed by atoms with van der Waals surface area (Å²) in [6.07, 6.45) is 0. The lowest BCUT2D eigenvalue weighted by Crippen LogP contribution is -2.22. The summed E-state index contributed by atoms with van der Waals surface area (Å²) in [6, 6.07) is 3.81. The summed E-state index contributed by atoms with van der Waals surface area (Å²) in [5.74, 6) is 0. The molecule has 0 saturated heterocycles. The molecular weight excluding hydrogens is 206 g/mol. The van der Waals surface area contributed by atoms with E-state index >= 15 is 0 Å². The smallest absolute Gasteiger partial charge is 0.275 e. The van der Waals surface area contributed by atoms with E-state index in [9.17, 15) is 10.1 Å². The van der Waals surface area contributed by atoms with E-state index < -0.39 is 11.0 Å². The van der Waals surface area contributed by atoms with Gasteiger partial charge in [0.2, 0.25) is 0 Å². The zero-order valence-corrected chi connectivity index (χ0v) is 8.07. The maximum atomic E-state index is 10.6. The van der Waals surface area contributed by atoms with Gasteiger partial charge in [-0.15, -0.1) is 0 Å². The second-order valence-electron chi connectivity index (χ2n) is 2.77. The van der Waals surface area contributed by atoms with Gasteiger partial charge < -0.3 is 11.5 Å². The molecule has 0 aliphatic carbocycles. The SMILES string of the molecule is NC[C@@H](N)c1c(Cl)cccc1[N+](=O)[O-]. The molecule has 0 heterocycles. The summed E-state index contributed by atoms with van der Waals surface area (Å²) in [5, 5.41) is 10.9. The molecule has 0 fully saturated rings. The fourth-order valence-electron chi connectivity index (χ4n) is 1.17. The molecule has 0 aliphatic rings. The third kappa shape index (κ3) is 2.01. The van der Waals surface area contributed by atoms with Crippen LogP contribution >= 0.6 is 11.6 Å². The Bertz CT molecular complexity index is 356. The Morgan fingerprint density at radius 1 is 1.57 bits per heavy atom. The van der Waals surface area contributed by atoms with Gasteiger partial charge in [0.25, 0.3) is 5.69 Å². The van der Waals surface area contributed by atoms with Crippen LogP contribution in [0.25, 0.3) is 0 Å². The second-order valence-corrected chi connectivity index (χ2v) is 3.18. The Hall–Kier alpha value is -1.17. The molecule has 5 nitrogen and oxygen atoms in total. The van der Waals surface area contributed by atoms with Crippen molar-refractivity contribution in [3.05, 3.63) is 38.9 Å². The van der Waals surface area contributed by atoms with Gasteiger partial charge in [-0.1, -0.05) is 17.7 Å². The van der Waals surface area contributed by atoms with E-state index in [1.54, 1.807) is 6.07 Å². The number of nitro groups is 1. The number of hydrogen-bond donors (Lipinski definition) is 2. The standard InChI is InChI=1S/C8H10ClN3O2/c9-5-2-1-3-7(12(13)14)8(5)6(11)4-10/h1-3,6H,4,10-11H2/t6-/m1/s1. The van der Waals surface area contributed by atoms with Crippen LogP contribution in [0.1, 0.15) is 11.6 Å². The molecule has 1 aromatic rings. The van der Waals surface area contributed by atoms with Crippen molar-refractivity contribution in [2.45, 2.75) is 6.04 Å². The number of nitrogens with two attached hydrogens (primary N) is 2. The van der Waals surface area contributed by atoms with Gasteiger partial charge in [-0.25, -0.2) is 0 Å². The first-order chi connectivity index (χ1) is 6.57. The van der Waals surface area contributed by atoms with Crippen molar-refractivity contribution in [3.63, 3.8) is 0 Å². The van der Waals surface area contributed by atoms with Crippen molar-refractivity contribution >= 4 is 17.3 Å². The fraction of sp³-hybridized carbons (Fsp3) is 0.250. The van der Waals surface area contributed by atoms with Gasteiger partial charge in [0.15, 0.2) is 0 Å². The zero-order chi connectivity index (χ0) is 10.7. The van der Waals surface area contributed by atoms with E-state index in [0.29, 0.717) is 5.56 Å². The van der Waals surface area contributed by atoms with E-state index in [-0.39, 0.29) is 17.3 Å². The number of rotatable bonds is 3. The summed E-state index contributed by atoms with van der Waals surface area (Å²) in [6.45, 7) is 0.116. The molecule has 0 aliphatic heterocycles. The van der Waals surface area contributed by atoms with Crippen LogP contribution in [-0.4, -0.2) is 11.5 Å². The van der Waals surface area contributed by atoms with Crippen molar-refractivity contribution in [3.8, 4) is 0 Å². The molecule has 0 unspecified atom stereocenters. The maximum Gasteiger partial charge on any atom is 0.275 e. The number of nitro benzene ring substituents is 1. The zero-order valence-electron chi connectivity index (χ0n) is 7.31. The third-order valence-corrected chi connectivity index (χ3v) is 2.18. The first kappa shape index (κ1) is 10.9. The number of benzene rings is 1. The summed E-state index contributed by atoms with van der Waals surface area (Å²) < 4.78 is 0. The van der Waals surface area contributed by atoms with Crippen LogP contribution < -0.4 is 11.5 Å². The van der Waals surface area contributed by atoms with Crippen molar-refractivity contribution < 1.29 is 4.92 Å². The van der Waals surface area contributed by atoms with Gasteiger partial charge >= 0.3 is 0 Å². The predicted octanol–water partition coefficient (Wildman–Crippen LogP) is 1.21. The Morgan fingerprint density at radius 2 is 2.21 bits per heavy atom. The Kier molecular flexibility index (Phi) is 3.40. The second kappa shape index (κ2) is 4.36. The average molecular weight is 216 g/mol. The van der Waals surface area contributed by atoms with Gasteiger partial charge in [-0.2, -0.15) is 0 Å². The lowest BCUT2D eigenvalue weighted by atomic mass is 10.1. The monoisotopic (exact) mass is 215 g/mol. The maximum absolute atomic E-state index is 10.6. The molecule has 1 rings (SSSR count). The quantitative estimate of drug-likeness (QED) is 0.585. The van der Waals surface area contributed by atoms with E-state index in [0.717, 1.165) is 0 Å². The lowest BCUT2D eigenvalue weighted by Gasteiger charge is -2.10. The minimum atomic E-state index is -0.607. The van der Waals surface area contributed by atoms with Crippen molar-refractivity contribution in [2.24, 2.45) is 11.5 Å². The molecule has 0 radical (unpaired) electrons. The third-order valence-electron chi connectivity index (χ3n) is 1.85. The summed E-state index contributed by atoms with van der Waals surface area (Å²) >= 11 is 5.81. The molecule has 1 atom stereocenters. The summed E-state index contributed by atoms with van der Waals surface area (Å²) in [4.78, 5) is 10.1. The molecule has 0 aromatic heterocycles. The average Bonchev–Trinajstić information content (AvgIpc) is 2.16. The Labute approximate surface area is 85.8 Å². The highest BCUT2D eigenvalue weighted by Crippen LogP contribution is 2.30. The number of nitrogens with zero attached hydrogens (tertiary/aromatic N) is 1. The first-order valence-electron chi connectivity index (χ1n) is 3.96. The minimum Gasteiger partial charge on any atom is -0.329 e. The van der Waals surface area contributed by atoms with E-state index in [1.165, 1.54) is 12.1 Å². The van der Waals surface area contributed by atoms with Gasteiger partial charge in [-0.3, -0.25) is 10.1 Å². The van der Waals surface area contributed by atoms with E-state index in [4.69, 9.17) is 23.1 Å². The fourth-order valence-corrected chi connectivity index (χ4v) is 1.48. The molecule has 4 N–H and O–H groups in total.